The number of rotatable bonds is 5. The average molecular weight is 404 g/mol. The highest BCUT2D eigenvalue weighted by Gasteiger charge is 2.19. The lowest BCUT2D eigenvalue weighted by Crippen LogP contribution is -2.22. The lowest BCUT2D eigenvalue weighted by atomic mass is 10.2. The summed E-state index contributed by atoms with van der Waals surface area (Å²) in [6, 6.07) is 17.0. The van der Waals surface area contributed by atoms with Crippen LogP contribution in [0.3, 0.4) is 0 Å². The van der Waals surface area contributed by atoms with Crippen LogP contribution in [-0.2, 0) is 4.79 Å². The smallest absolute Gasteiger partial charge is 0.277 e. The summed E-state index contributed by atoms with van der Waals surface area (Å²) in [5, 5.41) is 10.9. The molecular formula is C17H14BrN3O2S. The van der Waals surface area contributed by atoms with Crippen LogP contribution in [0.4, 0.5) is 5.69 Å². The molecule has 1 amide bonds. The zero-order valence-corrected chi connectivity index (χ0v) is 15.2. The van der Waals surface area contributed by atoms with Crippen molar-refractivity contribution in [1.82, 2.24) is 10.2 Å². The standard InChI is InChI=1S/C17H14BrN3O2S/c1-11(15(22)19-14-9-5-8-13(18)10-14)24-17-21-20-16(23-17)12-6-3-2-4-7-12/h2-11H,1H3,(H,19,22)/t11-/m0/s1. The first-order valence-electron chi connectivity index (χ1n) is 7.24. The van der Waals surface area contributed by atoms with E-state index in [0.29, 0.717) is 11.1 Å². The molecule has 122 valence electrons. The summed E-state index contributed by atoms with van der Waals surface area (Å²) in [6.07, 6.45) is 0. The molecule has 1 N–H and O–H groups in total. The van der Waals surface area contributed by atoms with Gasteiger partial charge in [-0.05, 0) is 37.3 Å². The summed E-state index contributed by atoms with van der Waals surface area (Å²) in [6.45, 7) is 1.80. The highest BCUT2D eigenvalue weighted by atomic mass is 79.9. The Hall–Kier alpha value is -2.12. The Labute approximate surface area is 152 Å². The van der Waals surface area contributed by atoms with Crippen molar-refractivity contribution in [2.75, 3.05) is 5.32 Å². The van der Waals surface area contributed by atoms with Gasteiger partial charge in [0, 0.05) is 15.7 Å². The Bertz CT molecular complexity index is 839. The number of hydrogen-bond donors (Lipinski definition) is 1. The van der Waals surface area contributed by atoms with Crippen molar-refractivity contribution in [3.63, 3.8) is 0 Å². The van der Waals surface area contributed by atoms with E-state index in [0.717, 1.165) is 15.7 Å². The summed E-state index contributed by atoms with van der Waals surface area (Å²) in [5.74, 6) is 0.315. The van der Waals surface area contributed by atoms with E-state index in [1.54, 1.807) is 6.92 Å². The van der Waals surface area contributed by atoms with Crippen LogP contribution in [0.25, 0.3) is 11.5 Å². The van der Waals surface area contributed by atoms with Crippen LogP contribution in [0.2, 0.25) is 0 Å². The molecule has 0 aliphatic carbocycles. The van der Waals surface area contributed by atoms with Crippen molar-refractivity contribution in [2.24, 2.45) is 0 Å². The second-order valence-corrected chi connectivity index (χ2v) is 7.21. The topological polar surface area (TPSA) is 68.0 Å². The molecule has 3 aromatic rings. The quantitative estimate of drug-likeness (QED) is 0.629. The molecule has 0 saturated heterocycles. The van der Waals surface area contributed by atoms with Gasteiger partial charge < -0.3 is 9.73 Å². The molecular weight excluding hydrogens is 390 g/mol. The molecule has 5 nitrogen and oxygen atoms in total. The third kappa shape index (κ3) is 4.24. The van der Waals surface area contributed by atoms with E-state index in [4.69, 9.17) is 4.42 Å². The number of thioether (sulfide) groups is 1. The third-order valence-corrected chi connectivity index (χ3v) is 4.59. The van der Waals surface area contributed by atoms with Gasteiger partial charge in [0.25, 0.3) is 5.22 Å². The van der Waals surface area contributed by atoms with Crippen LogP contribution in [-0.4, -0.2) is 21.4 Å². The Morgan fingerprint density at radius 1 is 1.17 bits per heavy atom. The number of hydrogen-bond acceptors (Lipinski definition) is 5. The summed E-state index contributed by atoms with van der Waals surface area (Å²) in [5.41, 5.74) is 1.58. The van der Waals surface area contributed by atoms with Gasteiger partial charge in [-0.3, -0.25) is 4.79 Å². The van der Waals surface area contributed by atoms with E-state index in [1.807, 2.05) is 54.6 Å². The first kappa shape index (κ1) is 16.7. The molecule has 24 heavy (non-hydrogen) atoms. The first-order chi connectivity index (χ1) is 11.6. The number of nitrogens with one attached hydrogen (secondary N) is 1. The van der Waals surface area contributed by atoms with Crippen molar-refractivity contribution in [3.05, 3.63) is 59.1 Å². The maximum absolute atomic E-state index is 12.3. The number of amides is 1. The SMILES string of the molecule is C[C@H](Sc1nnc(-c2ccccc2)o1)C(=O)Nc1cccc(Br)c1. The van der Waals surface area contributed by atoms with Gasteiger partial charge in [0.05, 0.1) is 5.25 Å². The Balaban J connectivity index is 1.63. The average Bonchev–Trinajstić information content (AvgIpc) is 3.04. The second kappa shape index (κ2) is 7.63. The molecule has 1 heterocycles. The largest absolute Gasteiger partial charge is 0.411 e. The minimum Gasteiger partial charge on any atom is -0.411 e. The van der Waals surface area contributed by atoms with Gasteiger partial charge in [-0.15, -0.1) is 10.2 Å². The Morgan fingerprint density at radius 2 is 1.96 bits per heavy atom. The molecule has 1 aromatic heterocycles. The molecule has 0 unspecified atom stereocenters. The van der Waals surface area contributed by atoms with Gasteiger partial charge in [0.15, 0.2) is 0 Å². The molecule has 3 rings (SSSR count). The van der Waals surface area contributed by atoms with Gasteiger partial charge in [-0.2, -0.15) is 0 Å². The van der Waals surface area contributed by atoms with E-state index >= 15 is 0 Å². The summed E-state index contributed by atoms with van der Waals surface area (Å²) >= 11 is 4.60. The number of benzene rings is 2. The number of carbonyl (C=O) groups is 1. The van der Waals surface area contributed by atoms with Gasteiger partial charge in [-0.1, -0.05) is 52.0 Å². The second-order valence-electron chi connectivity index (χ2n) is 5.00. The van der Waals surface area contributed by atoms with Crippen molar-refractivity contribution in [1.29, 1.82) is 0 Å². The first-order valence-corrected chi connectivity index (χ1v) is 8.91. The molecule has 0 aliphatic rings. The maximum atomic E-state index is 12.3. The lowest BCUT2D eigenvalue weighted by Gasteiger charge is -2.10. The minimum atomic E-state index is -0.368. The fourth-order valence-corrected chi connectivity index (χ4v) is 3.05. The zero-order valence-electron chi connectivity index (χ0n) is 12.8. The fourth-order valence-electron chi connectivity index (χ4n) is 1.97. The number of halogens is 1. The highest BCUT2D eigenvalue weighted by Crippen LogP contribution is 2.26. The molecule has 0 bridgehead atoms. The van der Waals surface area contributed by atoms with Crippen molar-refractivity contribution >= 4 is 39.3 Å². The van der Waals surface area contributed by atoms with Crippen LogP contribution in [0.1, 0.15) is 6.92 Å². The summed E-state index contributed by atoms with van der Waals surface area (Å²) < 4.78 is 6.52. The molecule has 0 radical (unpaired) electrons. The van der Waals surface area contributed by atoms with Crippen molar-refractivity contribution in [3.8, 4) is 11.5 Å². The van der Waals surface area contributed by atoms with Gasteiger partial charge in [0.1, 0.15) is 0 Å². The van der Waals surface area contributed by atoms with Crippen LogP contribution in [0, 0.1) is 0 Å². The number of nitrogens with zero attached hydrogens (tertiary/aromatic N) is 2. The fraction of sp³-hybridized carbons (Fsp3) is 0.118. The van der Waals surface area contributed by atoms with Gasteiger partial charge in [0.2, 0.25) is 11.8 Å². The molecule has 0 spiro atoms. The predicted molar refractivity (Wildman–Crippen MR) is 97.8 cm³/mol. The minimum absolute atomic E-state index is 0.127. The van der Waals surface area contributed by atoms with Crippen LogP contribution in [0.5, 0.6) is 0 Å². The number of anilines is 1. The maximum Gasteiger partial charge on any atom is 0.277 e. The molecule has 1 atom stereocenters. The molecule has 0 fully saturated rings. The molecule has 0 aliphatic heterocycles. The van der Waals surface area contributed by atoms with Gasteiger partial charge >= 0.3 is 0 Å². The summed E-state index contributed by atoms with van der Waals surface area (Å²) in [7, 11) is 0. The normalized spacial score (nSPS) is 11.9. The number of carbonyl (C=O) groups excluding carboxylic acids is 1. The van der Waals surface area contributed by atoms with Crippen LogP contribution in [0.15, 0.2) is 68.7 Å². The van der Waals surface area contributed by atoms with Crippen LogP contribution >= 0.6 is 27.7 Å². The monoisotopic (exact) mass is 403 g/mol. The molecule has 7 heteroatoms. The molecule has 0 saturated carbocycles. The highest BCUT2D eigenvalue weighted by molar-refractivity contribution is 9.10. The van der Waals surface area contributed by atoms with E-state index in [1.165, 1.54) is 11.8 Å². The lowest BCUT2D eigenvalue weighted by molar-refractivity contribution is -0.115. The number of aromatic nitrogens is 2. The zero-order chi connectivity index (χ0) is 16.9. The van der Waals surface area contributed by atoms with Crippen molar-refractivity contribution < 1.29 is 9.21 Å². The van der Waals surface area contributed by atoms with E-state index in [-0.39, 0.29) is 11.2 Å². The molecule has 2 aromatic carbocycles. The van der Waals surface area contributed by atoms with Crippen molar-refractivity contribution in [2.45, 2.75) is 17.4 Å². The van der Waals surface area contributed by atoms with E-state index < -0.39 is 0 Å². The Kier molecular flexibility index (Phi) is 5.32. The Morgan fingerprint density at radius 3 is 2.71 bits per heavy atom. The van der Waals surface area contributed by atoms with Crippen LogP contribution < -0.4 is 5.32 Å². The van der Waals surface area contributed by atoms with E-state index in [2.05, 4.69) is 31.4 Å². The van der Waals surface area contributed by atoms with E-state index in [9.17, 15) is 4.79 Å². The predicted octanol–water partition coefficient (Wildman–Crippen LogP) is 4.62. The van der Waals surface area contributed by atoms with Gasteiger partial charge in [-0.25, -0.2) is 0 Å². The third-order valence-electron chi connectivity index (χ3n) is 3.17. The summed E-state index contributed by atoms with van der Waals surface area (Å²) in [4.78, 5) is 12.3.